The molecule has 1 saturated heterocycles. The van der Waals surface area contributed by atoms with Crippen molar-refractivity contribution in [3.63, 3.8) is 0 Å². The Morgan fingerprint density at radius 1 is 1.48 bits per heavy atom. The van der Waals surface area contributed by atoms with Crippen LogP contribution in [0.3, 0.4) is 0 Å². The van der Waals surface area contributed by atoms with Gasteiger partial charge in [0.25, 0.3) is 5.56 Å². The number of rotatable bonds is 8. The minimum atomic E-state index is -0.483. The van der Waals surface area contributed by atoms with Crippen LogP contribution in [0.5, 0.6) is 0 Å². The van der Waals surface area contributed by atoms with Crippen LogP contribution in [0.25, 0.3) is 0 Å². The summed E-state index contributed by atoms with van der Waals surface area (Å²) in [4.78, 5) is 37.2. The molecule has 1 aliphatic heterocycles. The number of aromatic nitrogens is 2. The molecule has 1 aliphatic carbocycles. The van der Waals surface area contributed by atoms with E-state index in [-0.39, 0.29) is 33.1 Å². The number of carbonyl (C=O) groups is 1. The van der Waals surface area contributed by atoms with Crippen LogP contribution in [0.4, 0.5) is 0 Å². The molecule has 150 valence electrons. The van der Waals surface area contributed by atoms with Crippen LogP contribution in [0, 0.1) is 5.92 Å². The van der Waals surface area contributed by atoms with Crippen molar-refractivity contribution in [2.45, 2.75) is 64.0 Å². The Morgan fingerprint density at radius 3 is 2.93 bits per heavy atom. The molecule has 5 atom stereocenters. The molecule has 4 unspecified atom stereocenters. The molecule has 9 nitrogen and oxygen atoms in total. The Balaban J connectivity index is 1.39. The highest BCUT2D eigenvalue weighted by Crippen LogP contribution is 2.33. The molecule has 2 heterocycles. The van der Waals surface area contributed by atoms with Crippen molar-refractivity contribution >= 4 is 14.9 Å². The molecule has 1 saturated carbocycles. The number of hydrogen-bond acceptors (Lipinski definition) is 7. The van der Waals surface area contributed by atoms with Gasteiger partial charge in [-0.05, 0) is 32.6 Å². The summed E-state index contributed by atoms with van der Waals surface area (Å²) in [7, 11) is -0.0529. The van der Waals surface area contributed by atoms with E-state index in [1.54, 1.807) is 6.92 Å². The number of ether oxygens (including phenoxy) is 2. The molecule has 1 aromatic heterocycles. The van der Waals surface area contributed by atoms with E-state index in [1.807, 2.05) is 6.92 Å². The molecular weight excluding hydrogens is 373 g/mol. The Bertz CT molecular complexity index is 762. The van der Waals surface area contributed by atoms with Gasteiger partial charge in [0.15, 0.2) is 0 Å². The van der Waals surface area contributed by atoms with Crippen LogP contribution in [-0.4, -0.2) is 40.4 Å². The normalized spacial score (nSPS) is 27.0. The third-order valence-electron chi connectivity index (χ3n) is 4.88. The van der Waals surface area contributed by atoms with Crippen LogP contribution in [-0.2, 0) is 18.8 Å². The third-order valence-corrected chi connectivity index (χ3v) is 5.75. The predicted molar refractivity (Wildman–Crippen MR) is 99.6 cm³/mol. The van der Waals surface area contributed by atoms with Crippen LogP contribution >= 0.6 is 8.96 Å². The Hall–Kier alpha value is -1.54. The summed E-state index contributed by atoms with van der Waals surface area (Å²) < 4.78 is 18.2. The van der Waals surface area contributed by atoms with E-state index in [9.17, 15) is 14.4 Å². The highest BCUT2D eigenvalue weighted by atomic mass is 31.1. The molecule has 2 aliphatic rings. The average Bonchev–Trinajstić information content (AvgIpc) is 2.95. The summed E-state index contributed by atoms with van der Waals surface area (Å²) in [6, 6.07) is 0.885. The van der Waals surface area contributed by atoms with Crippen molar-refractivity contribution < 1.29 is 18.8 Å². The van der Waals surface area contributed by atoms with Gasteiger partial charge in [0.1, 0.15) is 18.4 Å². The number of nitrogens with zero attached hydrogens (tertiary/aromatic N) is 1. The quantitative estimate of drug-likeness (QED) is 0.382. The van der Waals surface area contributed by atoms with E-state index in [0.717, 1.165) is 25.7 Å². The first-order valence-corrected chi connectivity index (χ1v) is 10.1. The Kier molecular flexibility index (Phi) is 6.81. The molecule has 27 heavy (non-hydrogen) atoms. The Morgan fingerprint density at radius 2 is 2.26 bits per heavy atom. The summed E-state index contributed by atoms with van der Waals surface area (Å²) in [5.74, 6) is -0.145. The van der Waals surface area contributed by atoms with Crippen molar-refractivity contribution in [1.29, 1.82) is 0 Å². The SMILES string of the molecule is CC1CC(COPN[C@@H](C)C(=O)OC2CCC2)OC1n1ccc(=O)[nH]c1=O. The second-order valence-electron chi connectivity index (χ2n) is 7.15. The van der Waals surface area contributed by atoms with Crippen molar-refractivity contribution in [2.24, 2.45) is 5.92 Å². The molecule has 0 bridgehead atoms. The van der Waals surface area contributed by atoms with Gasteiger partial charge in [0.05, 0.1) is 21.7 Å². The second-order valence-corrected chi connectivity index (χ2v) is 7.93. The fourth-order valence-corrected chi connectivity index (χ4v) is 3.72. The number of carbonyl (C=O) groups excluding carboxylic acids is 1. The lowest BCUT2D eigenvalue weighted by Gasteiger charge is -2.26. The molecule has 2 N–H and O–H groups in total. The number of nitrogens with one attached hydrogen (secondary N) is 2. The molecule has 1 aromatic rings. The predicted octanol–water partition coefficient (Wildman–Crippen LogP) is 1.06. The minimum Gasteiger partial charge on any atom is -0.461 e. The van der Waals surface area contributed by atoms with Crippen LogP contribution in [0.15, 0.2) is 21.9 Å². The van der Waals surface area contributed by atoms with E-state index >= 15 is 0 Å². The smallest absolute Gasteiger partial charge is 0.330 e. The second kappa shape index (κ2) is 9.10. The Labute approximate surface area is 158 Å². The van der Waals surface area contributed by atoms with Crippen LogP contribution in [0.2, 0.25) is 0 Å². The molecule has 0 amide bonds. The van der Waals surface area contributed by atoms with Crippen molar-refractivity contribution in [1.82, 2.24) is 14.6 Å². The van der Waals surface area contributed by atoms with Gasteiger partial charge < -0.3 is 14.0 Å². The van der Waals surface area contributed by atoms with Crippen molar-refractivity contribution in [3.8, 4) is 0 Å². The number of hydrogen-bond donors (Lipinski definition) is 2. The van der Waals surface area contributed by atoms with E-state index in [2.05, 4.69) is 10.1 Å². The van der Waals surface area contributed by atoms with Crippen molar-refractivity contribution in [3.05, 3.63) is 33.1 Å². The first-order valence-electron chi connectivity index (χ1n) is 9.24. The van der Waals surface area contributed by atoms with E-state index < -0.39 is 23.5 Å². The van der Waals surface area contributed by atoms with Gasteiger partial charge in [0, 0.05) is 18.2 Å². The zero-order valence-corrected chi connectivity index (χ0v) is 16.5. The maximum Gasteiger partial charge on any atom is 0.330 e. The topological polar surface area (TPSA) is 112 Å². The fourth-order valence-electron chi connectivity index (χ4n) is 3.07. The maximum absolute atomic E-state index is 11.9. The van der Waals surface area contributed by atoms with Gasteiger partial charge in [-0.2, -0.15) is 0 Å². The van der Waals surface area contributed by atoms with Crippen molar-refractivity contribution in [2.75, 3.05) is 6.61 Å². The fraction of sp³-hybridized carbons (Fsp3) is 0.706. The molecule has 2 fully saturated rings. The third kappa shape index (κ3) is 5.25. The zero-order valence-electron chi connectivity index (χ0n) is 15.5. The van der Waals surface area contributed by atoms with Gasteiger partial charge in [0.2, 0.25) is 0 Å². The highest BCUT2D eigenvalue weighted by Gasteiger charge is 2.34. The summed E-state index contributed by atoms with van der Waals surface area (Å²) in [6.07, 6.45) is 4.70. The lowest BCUT2D eigenvalue weighted by molar-refractivity contribution is -0.154. The molecule has 0 aromatic carbocycles. The summed E-state index contributed by atoms with van der Waals surface area (Å²) >= 11 is 0. The van der Waals surface area contributed by atoms with Crippen LogP contribution < -0.4 is 16.3 Å². The number of esters is 1. The number of aromatic amines is 1. The lowest BCUT2D eigenvalue weighted by atomic mass is 9.96. The average molecular weight is 399 g/mol. The van der Waals surface area contributed by atoms with Gasteiger partial charge in [-0.1, -0.05) is 6.92 Å². The van der Waals surface area contributed by atoms with Crippen LogP contribution in [0.1, 0.15) is 45.8 Å². The largest absolute Gasteiger partial charge is 0.461 e. The maximum atomic E-state index is 11.9. The number of H-pyrrole nitrogens is 1. The standard InChI is InChI=1S/C17H26N3O6P/c1-10-8-13(25-15(10)20-7-6-14(21)18-17(20)23)9-24-27-19-11(2)16(22)26-12-4-3-5-12/h6-7,10-13,15,19,27H,3-5,8-9H2,1-2H3,(H,18,21,23)/t10?,11-,13?,15?/m0/s1. The lowest BCUT2D eigenvalue weighted by Crippen LogP contribution is -2.35. The van der Waals surface area contributed by atoms with Gasteiger partial charge in [-0.3, -0.25) is 24.2 Å². The zero-order chi connectivity index (χ0) is 19.4. The minimum absolute atomic E-state index is 0.0529. The van der Waals surface area contributed by atoms with Gasteiger partial charge >= 0.3 is 11.7 Å². The van der Waals surface area contributed by atoms with E-state index in [4.69, 9.17) is 14.0 Å². The molecular formula is C17H26N3O6P. The summed E-state index contributed by atoms with van der Waals surface area (Å²) in [5.41, 5.74) is -0.915. The summed E-state index contributed by atoms with van der Waals surface area (Å²) in [6.45, 7) is 4.10. The van der Waals surface area contributed by atoms with Gasteiger partial charge in [-0.25, -0.2) is 4.79 Å². The molecule has 3 rings (SSSR count). The molecule has 10 heteroatoms. The molecule has 0 spiro atoms. The summed E-state index contributed by atoms with van der Waals surface area (Å²) in [5, 5.41) is 3.01. The molecule has 0 radical (unpaired) electrons. The van der Waals surface area contributed by atoms with E-state index in [0.29, 0.717) is 6.61 Å². The first kappa shape index (κ1) is 20.2. The monoisotopic (exact) mass is 399 g/mol. The highest BCUT2D eigenvalue weighted by molar-refractivity contribution is 7.29. The van der Waals surface area contributed by atoms with E-state index in [1.165, 1.54) is 16.8 Å². The first-order chi connectivity index (χ1) is 12.9. The van der Waals surface area contributed by atoms with Gasteiger partial charge in [-0.15, -0.1) is 0 Å².